The Balaban J connectivity index is 1.45. The van der Waals surface area contributed by atoms with Gasteiger partial charge in [0.05, 0.1) is 0 Å². The van der Waals surface area contributed by atoms with Gasteiger partial charge in [0.1, 0.15) is 12.3 Å². The molecule has 0 spiro atoms. The average Bonchev–Trinajstić information content (AvgIpc) is 2.61. The molecule has 0 nitrogen and oxygen atoms in total. The molecule has 3 saturated carbocycles. The molecule has 0 N–H and O–H groups in total. The van der Waals surface area contributed by atoms with Gasteiger partial charge in [0, 0.05) is 0 Å². The average molecular weight is 341 g/mol. The molecule has 3 fully saturated rings. The molecule has 3 unspecified atom stereocenters. The SMILES string of the molecule is CCCC1CCC(C2CCC([C@@H]3CCC(C)C(F)C3F)CC2)CC1. The van der Waals surface area contributed by atoms with E-state index in [-0.39, 0.29) is 11.8 Å². The number of hydrogen-bond donors (Lipinski definition) is 0. The maximum atomic E-state index is 14.5. The Bertz CT molecular complexity index is 366. The highest BCUT2D eigenvalue weighted by molar-refractivity contribution is 4.92. The Hall–Kier alpha value is -0.140. The third-order valence-corrected chi connectivity index (χ3v) is 7.89. The van der Waals surface area contributed by atoms with Crippen LogP contribution in [0, 0.1) is 35.5 Å². The lowest BCUT2D eigenvalue weighted by Gasteiger charge is -2.43. The van der Waals surface area contributed by atoms with Crippen molar-refractivity contribution in [2.24, 2.45) is 35.5 Å². The summed E-state index contributed by atoms with van der Waals surface area (Å²) in [5.41, 5.74) is 0. The Morgan fingerprint density at radius 1 is 0.667 bits per heavy atom. The van der Waals surface area contributed by atoms with Crippen molar-refractivity contribution in [3.63, 3.8) is 0 Å². The molecule has 0 bridgehead atoms. The number of rotatable bonds is 4. The molecule has 0 aliphatic heterocycles. The zero-order valence-electron chi connectivity index (χ0n) is 15.9. The molecule has 4 atom stereocenters. The van der Waals surface area contributed by atoms with Crippen LogP contribution in [0.25, 0.3) is 0 Å². The zero-order chi connectivity index (χ0) is 17.1. The van der Waals surface area contributed by atoms with E-state index in [4.69, 9.17) is 0 Å². The summed E-state index contributed by atoms with van der Waals surface area (Å²) in [4.78, 5) is 0. The minimum atomic E-state index is -1.21. The van der Waals surface area contributed by atoms with Crippen molar-refractivity contribution in [3.8, 4) is 0 Å². The van der Waals surface area contributed by atoms with E-state index in [1.807, 2.05) is 6.92 Å². The van der Waals surface area contributed by atoms with Crippen LogP contribution in [0.1, 0.15) is 90.9 Å². The van der Waals surface area contributed by atoms with E-state index < -0.39 is 12.3 Å². The molecule has 0 radical (unpaired) electrons. The summed E-state index contributed by atoms with van der Waals surface area (Å²) in [6.45, 7) is 4.18. The standard InChI is InChI=1S/C22H38F2/c1-3-4-16-6-8-17(9-7-16)18-10-12-19(13-11-18)20-14-5-15(2)21(23)22(20)24/h15-22H,3-14H2,1-2H3/t15?,16?,17?,18?,19?,20-,21?,22?/m0/s1. The van der Waals surface area contributed by atoms with E-state index in [2.05, 4.69) is 6.92 Å². The Labute approximate surface area is 148 Å². The highest BCUT2D eigenvalue weighted by atomic mass is 19.2. The van der Waals surface area contributed by atoms with Crippen molar-refractivity contribution in [1.82, 2.24) is 0 Å². The molecule has 0 aromatic rings. The van der Waals surface area contributed by atoms with Gasteiger partial charge in [-0.2, -0.15) is 0 Å². The third-order valence-electron chi connectivity index (χ3n) is 7.89. The third kappa shape index (κ3) is 4.15. The van der Waals surface area contributed by atoms with Crippen molar-refractivity contribution in [2.75, 3.05) is 0 Å². The van der Waals surface area contributed by atoms with E-state index in [1.54, 1.807) is 0 Å². The second-order valence-corrected chi connectivity index (χ2v) is 9.35. The molecule has 3 aliphatic carbocycles. The molecule has 0 heterocycles. The first-order valence-corrected chi connectivity index (χ1v) is 10.9. The Morgan fingerprint density at radius 3 is 1.79 bits per heavy atom. The van der Waals surface area contributed by atoms with Gasteiger partial charge in [0.15, 0.2) is 0 Å². The van der Waals surface area contributed by atoms with Crippen LogP contribution in [-0.4, -0.2) is 12.3 Å². The lowest BCUT2D eigenvalue weighted by Crippen LogP contribution is -2.41. The van der Waals surface area contributed by atoms with Gasteiger partial charge in [-0.1, -0.05) is 39.5 Å². The Morgan fingerprint density at radius 2 is 1.21 bits per heavy atom. The number of alkyl halides is 2. The van der Waals surface area contributed by atoms with Crippen molar-refractivity contribution >= 4 is 0 Å². The second-order valence-electron chi connectivity index (χ2n) is 9.35. The predicted molar refractivity (Wildman–Crippen MR) is 97.5 cm³/mol. The van der Waals surface area contributed by atoms with E-state index in [0.717, 1.165) is 43.4 Å². The normalized spacial score (nSPS) is 47.5. The molecule has 3 aliphatic rings. The summed E-state index contributed by atoms with van der Waals surface area (Å²) in [6.07, 6.45) is 12.8. The molecular weight excluding hydrogens is 302 g/mol. The molecule has 0 aromatic carbocycles. The maximum Gasteiger partial charge on any atom is 0.134 e. The predicted octanol–water partition coefficient (Wildman–Crippen LogP) is 7.12. The fraction of sp³-hybridized carbons (Fsp3) is 1.00. The first-order valence-electron chi connectivity index (χ1n) is 10.9. The molecule has 0 saturated heterocycles. The van der Waals surface area contributed by atoms with Crippen LogP contribution in [0.4, 0.5) is 8.78 Å². The second kappa shape index (κ2) is 8.49. The highest BCUT2D eigenvalue weighted by Crippen LogP contribution is 2.47. The summed E-state index contributed by atoms with van der Waals surface area (Å²) in [5.74, 6) is 3.19. The van der Waals surface area contributed by atoms with Crippen LogP contribution in [-0.2, 0) is 0 Å². The minimum absolute atomic E-state index is 0.0115. The molecular formula is C22H38F2. The first kappa shape index (κ1) is 18.6. The minimum Gasteiger partial charge on any atom is -0.244 e. The van der Waals surface area contributed by atoms with Crippen LogP contribution >= 0.6 is 0 Å². The van der Waals surface area contributed by atoms with Crippen molar-refractivity contribution in [1.29, 1.82) is 0 Å². The maximum absolute atomic E-state index is 14.5. The fourth-order valence-corrected chi connectivity index (χ4v) is 6.22. The Kier molecular flexibility index (Phi) is 6.60. The monoisotopic (exact) mass is 340 g/mol. The highest BCUT2D eigenvalue weighted by Gasteiger charge is 2.43. The number of halogens is 2. The van der Waals surface area contributed by atoms with Crippen LogP contribution in [0.3, 0.4) is 0 Å². The van der Waals surface area contributed by atoms with Gasteiger partial charge < -0.3 is 0 Å². The zero-order valence-corrected chi connectivity index (χ0v) is 15.9. The molecule has 0 aromatic heterocycles. The van der Waals surface area contributed by atoms with E-state index in [9.17, 15) is 8.78 Å². The van der Waals surface area contributed by atoms with Crippen LogP contribution in [0.5, 0.6) is 0 Å². The smallest absolute Gasteiger partial charge is 0.134 e. The molecule has 140 valence electrons. The molecule has 0 amide bonds. The number of hydrogen-bond acceptors (Lipinski definition) is 0. The fourth-order valence-electron chi connectivity index (χ4n) is 6.22. The van der Waals surface area contributed by atoms with Gasteiger partial charge in [-0.3, -0.25) is 0 Å². The molecule has 2 heteroatoms. The summed E-state index contributed by atoms with van der Waals surface area (Å²) in [7, 11) is 0. The van der Waals surface area contributed by atoms with Crippen LogP contribution in [0.15, 0.2) is 0 Å². The van der Waals surface area contributed by atoms with Gasteiger partial charge in [-0.15, -0.1) is 0 Å². The van der Waals surface area contributed by atoms with Crippen LogP contribution in [0.2, 0.25) is 0 Å². The summed E-state index contributed by atoms with van der Waals surface area (Å²) < 4.78 is 28.5. The van der Waals surface area contributed by atoms with Gasteiger partial charge >= 0.3 is 0 Å². The quantitative estimate of drug-likeness (QED) is 0.511. The lowest BCUT2D eigenvalue weighted by molar-refractivity contribution is -0.0101. The van der Waals surface area contributed by atoms with E-state index in [1.165, 1.54) is 51.4 Å². The van der Waals surface area contributed by atoms with Crippen molar-refractivity contribution in [3.05, 3.63) is 0 Å². The summed E-state index contributed by atoms with van der Waals surface area (Å²) in [6, 6.07) is 0. The molecule has 3 rings (SSSR count). The van der Waals surface area contributed by atoms with Gasteiger partial charge in [0.25, 0.3) is 0 Å². The van der Waals surface area contributed by atoms with Gasteiger partial charge in [0.2, 0.25) is 0 Å². The summed E-state index contributed by atoms with van der Waals surface area (Å²) in [5, 5.41) is 0. The largest absolute Gasteiger partial charge is 0.244 e. The van der Waals surface area contributed by atoms with E-state index in [0.29, 0.717) is 5.92 Å². The van der Waals surface area contributed by atoms with Gasteiger partial charge in [-0.05, 0) is 86.9 Å². The van der Waals surface area contributed by atoms with Crippen molar-refractivity contribution in [2.45, 2.75) is 103 Å². The van der Waals surface area contributed by atoms with Crippen molar-refractivity contribution < 1.29 is 8.78 Å². The summed E-state index contributed by atoms with van der Waals surface area (Å²) >= 11 is 0. The first-order chi connectivity index (χ1) is 11.6. The molecule has 24 heavy (non-hydrogen) atoms. The topological polar surface area (TPSA) is 0 Å². The van der Waals surface area contributed by atoms with E-state index >= 15 is 0 Å². The lowest BCUT2D eigenvalue weighted by atomic mass is 9.64. The van der Waals surface area contributed by atoms with Gasteiger partial charge in [-0.25, -0.2) is 8.78 Å². The van der Waals surface area contributed by atoms with Crippen LogP contribution < -0.4 is 0 Å².